The molecule has 1 N–H and O–H groups in total. The molecule has 0 saturated heterocycles. The van der Waals surface area contributed by atoms with Gasteiger partial charge in [0, 0.05) is 25.1 Å². The summed E-state index contributed by atoms with van der Waals surface area (Å²) in [5, 5.41) is 13.9. The molecule has 29 heavy (non-hydrogen) atoms. The molecule has 2 aromatic carbocycles. The Hall–Kier alpha value is -3.75. The summed E-state index contributed by atoms with van der Waals surface area (Å²) in [5.74, 6) is -1.30. The second-order valence-electron chi connectivity index (χ2n) is 6.07. The molecular weight excluding hydrogens is 380 g/mol. The zero-order chi connectivity index (χ0) is 21.4. The molecule has 0 bridgehead atoms. The van der Waals surface area contributed by atoms with Crippen molar-refractivity contribution in [3.63, 3.8) is 0 Å². The molecule has 9 nitrogen and oxygen atoms in total. The fraction of sp³-hybridized carbons (Fsp3) is 0.250. The van der Waals surface area contributed by atoms with Crippen molar-refractivity contribution in [2.75, 3.05) is 20.3 Å². The van der Waals surface area contributed by atoms with Crippen LogP contribution in [0.15, 0.2) is 42.5 Å². The summed E-state index contributed by atoms with van der Waals surface area (Å²) < 4.78 is 9.85. The summed E-state index contributed by atoms with van der Waals surface area (Å²) in [5.41, 5.74) is 0.911. The first-order valence-corrected chi connectivity index (χ1v) is 8.68. The van der Waals surface area contributed by atoms with Crippen LogP contribution in [0, 0.1) is 10.1 Å². The number of amides is 1. The first-order valence-electron chi connectivity index (χ1n) is 8.68. The summed E-state index contributed by atoms with van der Waals surface area (Å²) in [6, 6.07) is 10.4. The Morgan fingerprint density at radius 3 is 2.31 bits per heavy atom. The topological polar surface area (TPSA) is 125 Å². The molecule has 0 fully saturated rings. The number of nitro groups is 1. The van der Waals surface area contributed by atoms with Crippen LogP contribution in [0.2, 0.25) is 0 Å². The van der Waals surface area contributed by atoms with E-state index in [9.17, 15) is 24.5 Å². The van der Waals surface area contributed by atoms with Gasteiger partial charge in [0.25, 0.3) is 0 Å². The Kier molecular flexibility index (Phi) is 7.41. The lowest BCUT2D eigenvalue weighted by Gasteiger charge is -2.08. The van der Waals surface area contributed by atoms with Crippen LogP contribution >= 0.6 is 0 Å². The Morgan fingerprint density at radius 1 is 1.07 bits per heavy atom. The molecule has 0 unspecified atom stereocenters. The minimum absolute atomic E-state index is 0.00716. The van der Waals surface area contributed by atoms with Crippen molar-refractivity contribution < 1.29 is 28.8 Å². The molecule has 0 aromatic heterocycles. The van der Waals surface area contributed by atoms with Crippen LogP contribution in [0.1, 0.15) is 33.2 Å². The third kappa shape index (κ3) is 6.13. The quantitative estimate of drug-likeness (QED) is 0.296. The third-order valence-electron chi connectivity index (χ3n) is 4.00. The summed E-state index contributed by atoms with van der Waals surface area (Å²) in [6.45, 7) is 1.54. The van der Waals surface area contributed by atoms with E-state index in [2.05, 4.69) is 10.1 Å². The molecule has 2 aromatic rings. The van der Waals surface area contributed by atoms with Crippen molar-refractivity contribution in [2.24, 2.45) is 0 Å². The number of hydrogen-bond donors (Lipinski definition) is 1. The van der Waals surface area contributed by atoms with E-state index in [1.54, 1.807) is 24.3 Å². The van der Waals surface area contributed by atoms with E-state index >= 15 is 0 Å². The number of rotatable bonds is 9. The molecule has 0 radical (unpaired) electrons. The molecule has 0 atom stereocenters. The van der Waals surface area contributed by atoms with Crippen LogP contribution in [0.4, 0.5) is 5.69 Å². The van der Waals surface area contributed by atoms with E-state index in [0.717, 1.165) is 11.6 Å². The highest BCUT2D eigenvalue weighted by molar-refractivity contribution is 5.97. The molecule has 2 rings (SSSR count). The smallest absolute Gasteiger partial charge is 0.338 e. The molecular formula is C20H20N2O7. The number of ketones is 1. The fourth-order valence-electron chi connectivity index (χ4n) is 2.49. The van der Waals surface area contributed by atoms with E-state index < -0.39 is 23.2 Å². The van der Waals surface area contributed by atoms with Crippen molar-refractivity contribution in [3.05, 3.63) is 69.3 Å². The minimum atomic E-state index is -0.714. The van der Waals surface area contributed by atoms with Gasteiger partial charge in [0.1, 0.15) is 0 Å². The van der Waals surface area contributed by atoms with Crippen LogP contribution in [0.25, 0.3) is 0 Å². The summed E-state index contributed by atoms with van der Waals surface area (Å²) >= 11 is 0. The number of benzene rings is 2. The number of nitrogens with zero attached hydrogens (tertiary/aromatic N) is 1. The maximum absolute atomic E-state index is 12.3. The summed E-state index contributed by atoms with van der Waals surface area (Å²) in [7, 11) is 1.17. The van der Waals surface area contributed by atoms with Crippen molar-refractivity contribution in [1.29, 1.82) is 0 Å². The van der Waals surface area contributed by atoms with Crippen molar-refractivity contribution in [2.45, 2.75) is 13.3 Å². The number of nitro benzene ring substituents is 1. The van der Waals surface area contributed by atoms with Gasteiger partial charge < -0.3 is 14.8 Å². The van der Waals surface area contributed by atoms with Gasteiger partial charge in [0.2, 0.25) is 5.91 Å². The highest BCUT2D eigenvalue weighted by atomic mass is 16.6. The van der Waals surface area contributed by atoms with Crippen LogP contribution in [-0.2, 0) is 16.0 Å². The van der Waals surface area contributed by atoms with E-state index in [1.807, 2.05) is 0 Å². The Labute approximate surface area is 166 Å². The zero-order valence-corrected chi connectivity index (χ0v) is 16.0. The number of carbonyl (C=O) groups is 3. The van der Waals surface area contributed by atoms with Crippen LogP contribution in [0.3, 0.4) is 0 Å². The van der Waals surface area contributed by atoms with Gasteiger partial charge in [-0.05, 0) is 24.1 Å². The van der Waals surface area contributed by atoms with E-state index in [0.29, 0.717) is 18.5 Å². The van der Waals surface area contributed by atoms with E-state index in [4.69, 9.17) is 4.74 Å². The largest absolute Gasteiger partial charge is 0.478 e. The zero-order valence-electron chi connectivity index (χ0n) is 16.0. The highest BCUT2D eigenvalue weighted by Gasteiger charge is 2.20. The standard InChI is InChI=1S/C20H20N2O7/c1-13(23)21-10-9-14-3-5-15(6-4-14)18(24)12-29-19-8-7-16(20(25)28-2)11-17(19)22(26)27/h3-8,11H,9-10,12H2,1-2H3,(H,21,23). The van der Waals surface area contributed by atoms with Crippen molar-refractivity contribution in [3.8, 4) is 5.75 Å². The van der Waals surface area contributed by atoms with E-state index in [1.165, 1.54) is 26.2 Å². The minimum Gasteiger partial charge on any atom is -0.478 e. The molecule has 1 amide bonds. The summed E-state index contributed by atoms with van der Waals surface area (Å²) in [6.07, 6.45) is 0.628. The Morgan fingerprint density at radius 2 is 1.72 bits per heavy atom. The van der Waals surface area contributed by atoms with Crippen molar-refractivity contribution in [1.82, 2.24) is 5.32 Å². The normalized spacial score (nSPS) is 10.1. The molecule has 0 heterocycles. The molecule has 152 valence electrons. The number of esters is 1. The molecule has 0 aliphatic carbocycles. The molecule has 0 saturated carbocycles. The van der Waals surface area contributed by atoms with Crippen LogP contribution in [0.5, 0.6) is 5.75 Å². The average molecular weight is 400 g/mol. The lowest BCUT2D eigenvalue weighted by atomic mass is 10.1. The fourth-order valence-corrected chi connectivity index (χ4v) is 2.49. The van der Waals surface area contributed by atoms with Gasteiger partial charge in [-0.1, -0.05) is 24.3 Å². The number of carbonyl (C=O) groups excluding carboxylic acids is 3. The highest BCUT2D eigenvalue weighted by Crippen LogP contribution is 2.28. The maximum Gasteiger partial charge on any atom is 0.338 e. The van der Waals surface area contributed by atoms with Gasteiger partial charge in [0.15, 0.2) is 18.1 Å². The van der Waals surface area contributed by atoms with Gasteiger partial charge in [-0.15, -0.1) is 0 Å². The van der Waals surface area contributed by atoms with Crippen LogP contribution < -0.4 is 10.1 Å². The van der Waals surface area contributed by atoms with Gasteiger partial charge in [0.05, 0.1) is 17.6 Å². The second-order valence-corrected chi connectivity index (χ2v) is 6.07. The third-order valence-corrected chi connectivity index (χ3v) is 4.00. The molecule has 9 heteroatoms. The first-order chi connectivity index (χ1) is 13.8. The Balaban J connectivity index is 2.02. The number of hydrogen-bond acceptors (Lipinski definition) is 7. The van der Waals surface area contributed by atoms with Gasteiger partial charge >= 0.3 is 11.7 Å². The van der Waals surface area contributed by atoms with Gasteiger partial charge in [-0.2, -0.15) is 0 Å². The van der Waals surface area contributed by atoms with Crippen molar-refractivity contribution >= 4 is 23.3 Å². The number of methoxy groups -OCH3 is 1. The molecule has 0 aliphatic heterocycles. The van der Waals surface area contributed by atoms with E-state index in [-0.39, 0.29) is 23.0 Å². The molecule has 0 spiro atoms. The molecule has 0 aliphatic rings. The average Bonchev–Trinajstić information content (AvgIpc) is 2.71. The van der Waals surface area contributed by atoms with Gasteiger partial charge in [-0.3, -0.25) is 19.7 Å². The van der Waals surface area contributed by atoms with Crippen LogP contribution in [-0.4, -0.2) is 42.8 Å². The predicted octanol–water partition coefficient (Wildman–Crippen LogP) is 2.32. The monoisotopic (exact) mass is 400 g/mol. The maximum atomic E-state index is 12.3. The lowest BCUT2D eigenvalue weighted by molar-refractivity contribution is -0.385. The SMILES string of the molecule is COC(=O)c1ccc(OCC(=O)c2ccc(CCNC(C)=O)cc2)c([N+](=O)[O-])c1. The number of ether oxygens (including phenoxy) is 2. The summed E-state index contributed by atoms with van der Waals surface area (Å²) in [4.78, 5) is 45.2. The number of nitrogens with one attached hydrogen (secondary N) is 1. The Bertz CT molecular complexity index is 923. The van der Waals surface area contributed by atoms with Gasteiger partial charge in [-0.25, -0.2) is 4.79 Å². The number of Topliss-reactive ketones (excluding diaryl/α,β-unsaturated/α-hetero) is 1. The predicted molar refractivity (Wildman–Crippen MR) is 103 cm³/mol. The lowest BCUT2D eigenvalue weighted by Crippen LogP contribution is -2.22. The second kappa shape index (κ2) is 9.98. The first kappa shape index (κ1) is 21.5.